The fourth-order valence-corrected chi connectivity index (χ4v) is 1.54. The van der Waals surface area contributed by atoms with Crippen LogP contribution < -0.4 is 15.2 Å². The summed E-state index contributed by atoms with van der Waals surface area (Å²) in [4.78, 5) is 28.9. The summed E-state index contributed by atoms with van der Waals surface area (Å²) in [7, 11) is 1.57. The summed E-state index contributed by atoms with van der Waals surface area (Å²) in [6.45, 7) is 0. The van der Waals surface area contributed by atoms with Crippen LogP contribution in [0.1, 0.15) is 16.1 Å². The van der Waals surface area contributed by atoms with Crippen LogP contribution in [0, 0.1) is 0 Å². The molecule has 2 rings (SSSR count). The molecule has 0 atom stereocenters. The van der Waals surface area contributed by atoms with Crippen molar-refractivity contribution in [1.82, 2.24) is 9.97 Å². The van der Waals surface area contributed by atoms with Crippen LogP contribution in [0.5, 0.6) is 11.6 Å². The van der Waals surface area contributed by atoms with E-state index in [9.17, 15) is 9.59 Å². The summed E-state index contributed by atoms with van der Waals surface area (Å²) in [5, 5.41) is 0. The number of benzene rings is 1. The van der Waals surface area contributed by atoms with E-state index in [2.05, 4.69) is 9.97 Å². The third kappa shape index (κ3) is 3.69. The second-order valence-corrected chi connectivity index (χ2v) is 3.97. The summed E-state index contributed by atoms with van der Waals surface area (Å²) in [5.41, 5.74) is 5.84. The number of ether oxygens (including phenoxy) is 2. The average Bonchev–Trinajstić information content (AvgIpc) is 2.94. The Morgan fingerprint density at radius 2 is 2.00 bits per heavy atom. The maximum absolute atomic E-state index is 11.6. The van der Waals surface area contributed by atoms with Crippen molar-refractivity contribution in [2.45, 2.75) is 0 Å². The van der Waals surface area contributed by atoms with Crippen LogP contribution in [-0.4, -0.2) is 29.0 Å². The van der Waals surface area contributed by atoms with Gasteiger partial charge in [-0.15, -0.1) is 0 Å². The first-order chi connectivity index (χ1) is 10.1. The van der Waals surface area contributed by atoms with Gasteiger partial charge in [0.15, 0.2) is 5.69 Å². The summed E-state index contributed by atoms with van der Waals surface area (Å²) >= 11 is 0. The molecular formula is C14H13N3O4. The highest BCUT2D eigenvalue weighted by Gasteiger charge is 2.14. The summed E-state index contributed by atoms with van der Waals surface area (Å²) in [5.74, 6) is -0.848. The van der Waals surface area contributed by atoms with E-state index in [1.54, 1.807) is 37.5 Å². The molecule has 2 aromatic rings. The van der Waals surface area contributed by atoms with Gasteiger partial charge in [0.1, 0.15) is 5.75 Å². The number of aromatic amines is 1. The van der Waals surface area contributed by atoms with Gasteiger partial charge in [-0.25, -0.2) is 9.78 Å². The lowest BCUT2D eigenvalue weighted by molar-refractivity contribution is -0.129. The number of aromatic nitrogens is 2. The predicted molar refractivity (Wildman–Crippen MR) is 74.8 cm³/mol. The normalized spacial score (nSPS) is 10.5. The van der Waals surface area contributed by atoms with Gasteiger partial charge in [-0.3, -0.25) is 4.79 Å². The number of nitrogens with zero attached hydrogens (tertiary/aromatic N) is 1. The first-order valence-electron chi connectivity index (χ1n) is 5.97. The van der Waals surface area contributed by atoms with Gasteiger partial charge in [0.05, 0.1) is 13.4 Å². The zero-order valence-corrected chi connectivity index (χ0v) is 11.2. The number of nitrogens with one attached hydrogen (secondary N) is 1. The number of rotatable bonds is 5. The van der Waals surface area contributed by atoms with Crippen LogP contribution in [0.25, 0.3) is 6.08 Å². The molecule has 0 aliphatic heterocycles. The number of imidazole rings is 1. The predicted octanol–water partition coefficient (Wildman–Crippen LogP) is 1.14. The van der Waals surface area contributed by atoms with E-state index in [1.807, 2.05) is 0 Å². The smallest absolute Gasteiger partial charge is 0.337 e. The van der Waals surface area contributed by atoms with Gasteiger partial charge < -0.3 is 20.2 Å². The first kappa shape index (κ1) is 14.3. The highest BCUT2D eigenvalue weighted by Crippen LogP contribution is 2.14. The van der Waals surface area contributed by atoms with E-state index >= 15 is 0 Å². The Labute approximate surface area is 120 Å². The quantitative estimate of drug-likeness (QED) is 0.633. The lowest BCUT2D eigenvalue weighted by atomic mass is 10.2. The van der Waals surface area contributed by atoms with Crippen LogP contribution in [0.2, 0.25) is 0 Å². The van der Waals surface area contributed by atoms with Gasteiger partial charge in [0, 0.05) is 6.08 Å². The van der Waals surface area contributed by atoms with E-state index in [0.717, 1.165) is 11.3 Å². The Balaban J connectivity index is 2.02. The summed E-state index contributed by atoms with van der Waals surface area (Å²) in [6.07, 6.45) is 4.01. The second-order valence-electron chi connectivity index (χ2n) is 3.97. The Kier molecular flexibility index (Phi) is 4.35. The molecule has 3 N–H and O–H groups in total. The van der Waals surface area contributed by atoms with Gasteiger partial charge in [0.25, 0.3) is 11.8 Å². The van der Waals surface area contributed by atoms with Crippen LogP contribution >= 0.6 is 0 Å². The van der Waals surface area contributed by atoms with Crippen LogP contribution in [0.3, 0.4) is 0 Å². The Hall–Kier alpha value is -3.09. The fraction of sp³-hybridized carbons (Fsp3) is 0.0714. The molecule has 0 radical (unpaired) electrons. The van der Waals surface area contributed by atoms with Crippen LogP contribution in [0.4, 0.5) is 0 Å². The van der Waals surface area contributed by atoms with E-state index in [4.69, 9.17) is 15.2 Å². The summed E-state index contributed by atoms with van der Waals surface area (Å²) in [6, 6.07) is 7.10. The fourth-order valence-electron chi connectivity index (χ4n) is 1.54. The average molecular weight is 287 g/mol. The maximum Gasteiger partial charge on any atom is 0.337 e. The lowest BCUT2D eigenvalue weighted by Crippen LogP contribution is -2.14. The lowest BCUT2D eigenvalue weighted by Gasteiger charge is -2.00. The van der Waals surface area contributed by atoms with E-state index < -0.39 is 11.9 Å². The van der Waals surface area contributed by atoms with Gasteiger partial charge >= 0.3 is 5.97 Å². The number of amides is 1. The number of esters is 1. The SMILES string of the molecule is COc1ccc(/C=C/C(=O)Oc2nc[nH]c2C(N)=O)cc1. The Morgan fingerprint density at radius 3 is 2.62 bits per heavy atom. The molecule has 1 heterocycles. The largest absolute Gasteiger partial charge is 0.497 e. The van der Waals surface area contributed by atoms with Gasteiger partial charge in [0.2, 0.25) is 0 Å². The number of nitrogens with two attached hydrogens (primary N) is 1. The molecule has 0 spiro atoms. The van der Waals surface area contributed by atoms with E-state index in [-0.39, 0.29) is 11.6 Å². The van der Waals surface area contributed by atoms with Gasteiger partial charge in [-0.2, -0.15) is 0 Å². The number of H-pyrrole nitrogens is 1. The molecule has 1 amide bonds. The molecule has 108 valence electrons. The monoisotopic (exact) mass is 287 g/mol. The van der Waals surface area contributed by atoms with Crippen molar-refractivity contribution in [3.8, 4) is 11.6 Å². The van der Waals surface area contributed by atoms with Gasteiger partial charge in [-0.1, -0.05) is 12.1 Å². The molecule has 21 heavy (non-hydrogen) atoms. The molecule has 7 heteroatoms. The highest BCUT2D eigenvalue weighted by molar-refractivity contribution is 5.95. The third-order valence-corrected chi connectivity index (χ3v) is 2.58. The molecular weight excluding hydrogens is 274 g/mol. The number of primary amides is 1. The van der Waals surface area contributed by atoms with Crippen LogP contribution in [-0.2, 0) is 4.79 Å². The number of methoxy groups -OCH3 is 1. The molecule has 1 aromatic heterocycles. The van der Waals surface area contributed by atoms with Crippen molar-refractivity contribution in [2.24, 2.45) is 5.73 Å². The first-order valence-corrected chi connectivity index (χ1v) is 5.97. The van der Waals surface area contributed by atoms with Gasteiger partial charge in [-0.05, 0) is 23.8 Å². The molecule has 7 nitrogen and oxygen atoms in total. The van der Waals surface area contributed by atoms with E-state index in [0.29, 0.717) is 0 Å². The molecule has 1 aromatic carbocycles. The topological polar surface area (TPSA) is 107 Å². The third-order valence-electron chi connectivity index (χ3n) is 2.58. The van der Waals surface area contributed by atoms with Crippen molar-refractivity contribution in [3.63, 3.8) is 0 Å². The number of carbonyl (C=O) groups is 2. The standard InChI is InChI=1S/C14H13N3O4/c1-20-10-5-2-9(3-6-10)4-7-11(18)21-14-12(13(15)19)16-8-17-14/h2-8H,1H3,(H2,15,19)(H,16,17)/b7-4+. The minimum absolute atomic E-state index is 0.0544. The van der Waals surface area contributed by atoms with Crippen LogP contribution in [0.15, 0.2) is 36.7 Å². The minimum atomic E-state index is -0.755. The maximum atomic E-state index is 11.6. The van der Waals surface area contributed by atoms with Crippen molar-refractivity contribution < 1.29 is 19.1 Å². The molecule has 0 saturated carbocycles. The second kappa shape index (κ2) is 6.38. The summed E-state index contributed by atoms with van der Waals surface area (Å²) < 4.78 is 9.95. The van der Waals surface area contributed by atoms with E-state index in [1.165, 1.54) is 12.4 Å². The Morgan fingerprint density at radius 1 is 1.29 bits per heavy atom. The molecule has 0 bridgehead atoms. The highest BCUT2D eigenvalue weighted by atomic mass is 16.5. The number of carbonyl (C=O) groups excluding carboxylic acids is 2. The van der Waals surface area contributed by atoms with Crippen molar-refractivity contribution in [3.05, 3.63) is 47.9 Å². The molecule has 0 saturated heterocycles. The Bertz CT molecular complexity index is 674. The van der Waals surface area contributed by atoms with Crippen molar-refractivity contribution in [2.75, 3.05) is 7.11 Å². The zero-order chi connectivity index (χ0) is 15.2. The van der Waals surface area contributed by atoms with Crippen molar-refractivity contribution in [1.29, 1.82) is 0 Å². The number of hydrogen-bond donors (Lipinski definition) is 2. The number of hydrogen-bond acceptors (Lipinski definition) is 5. The molecule has 0 fully saturated rings. The van der Waals surface area contributed by atoms with Crippen molar-refractivity contribution >= 4 is 18.0 Å². The minimum Gasteiger partial charge on any atom is -0.497 e. The zero-order valence-electron chi connectivity index (χ0n) is 11.2. The molecule has 0 unspecified atom stereocenters. The molecule has 0 aliphatic carbocycles. The molecule has 0 aliphatic rings.